The van der Waals surface area contributed by atoms with Crippen molar-refractivity contribution in [3.05, 3.63) is 40.3 Å². The highest BCUT2D eigenvalue weighted by molar-refractivity contribution is 6.05. The lowest BCUT2D eigenvalue weighted by molar-refractivity contribution is -0.120. The number of rotatable bonds is 2. The summed E-state index contributed by atoms with van der Waals surface area (Å²) in [5, 5.41) is 10.5. The lowest BCUT2D eigenvalue weighted by atomic mass is 9.96. The Morgan fingerprint density at radius 3 is 2.44 bits per heavy atom. The Bertz CT molecular complexity index is 893. The number of aromatic nitrogens is 2. The summed E-state index contributed by atoms with van der Waals surface area (Å²) < 4.78 is 0. The predicted molar refractivity (Wildman–Crippen MR) is 92.2 cm³/mol. The van der Waals surface area contributed by atoms with Crippen molar-refractivity contribution in [2.24, 2.45) is 0 Å². The highest BCUT2D eigenvalue weighted by Gasteiger charge is 2.44. The van der Waals surface area contributed by atoms with E-state index in [0.29, 0.717) is 16.5 Å². The van der Waals surface area contributed by atoms with Crippen LogP contribution in [0.3, 0.4) is 0 Å². The number of amides is 2. The first kappa shape index (κ1) is 15.8. The minimum atomic E-state index is -0.292. The Labute approximate surface area is 144 Å². The fourth-order valence-corrected chi connectivity index (χ4v) is 4.31. The molecule has 2 fully saturated rings. The normalized spacial score (nSPS) is 25.2. The Morgan fingerprint density at radius 2 is 1.80 bits per heavy atom. The number of hydrogen-bond donors (Lipinski definition) is 2. The smallest absolute Gasteiger partial charge is 0.275 e. The quantitative estimate of drug-likeness (QED) is 0.858. The molecule has 2 aliphatic rings. The summed E-state index contributed by atoms with van der Waals surface area (Å²) in [5.74, 6) is -0.168. The fourth-order valence-electron chi connectivity index (χ4n) is 4.31. The van der Waals surface area contributed by atoms with Gasteiger partial charge in [-0.25, -0.2) is 5.10 Å². The number of carbonyl (C=O) groups is 2. The molecule has 130 valence electrons. The molecular formula is C18H20N4O3. The number of H-pyrrole nitrogens is 1. The van der Waals surface area contributed by atoms with E-state index in [-0.39, 0.29) is 35.5 Å². The van der Waals surface area contributed by atoms with Crippen LogP contribution in [0.15, 0.2) is 29.1 Å². The molecule has 2 aliphatic heterocycles. The minimum Gasteiger partial charge on any atom is -0.353 e. The second kappa shape index (κ2) is 5.98. The molecule has 0 aliphatic carbocycles. The molecule has 7 nitrogen and oxygen atoms in total. The van der Waals surface area contributed by atoms with Crippen molar-refractivity contribution >= 4 is 22.6 Å². The largest absolute Gasteiger partial charge is 0.353 e. The van der Waals surface area contributed by atoms with Gasteiger partial charge in [0.2, 0.25) is 5.91 Å². The van der Waals surface area contributed by atoms with Crippen molar-refractivity contribution in [1.82, 2.24) is 20.4 Å². The third kappa shape index (κ3) is 2.69. The Balaban J connectivity index is 1.66. The molecule has 2 atom stereocenters. The standard InChI is InChI=1S/C18H20N4O3/c1-10(23)19-11-8-12-6-7-13(9-11)22(12)18(25)16-14-4-2-3-5-15(14)17(24)21-20-16/h2-5,11-13H,6-9H2,1H3,(H,19,23)(H,21,24). The van der Waals surface area contributed by atoms with E-state index in [1.165, 1.54) is 6.92 Å². The van der Waals surface area contributed by atoms with E-state index >= 15 is 0 Å². The molecule has 0 saturated carbocycles. The summed E-state index contributed by atoms with van der Waals surface area (Å²) in [5.41, 5.74) is 0.00423. The van der Waals surface area contributed by atoms with Crippen LogP contribution in [-0.4, -0.2) is 45.0 Å². The molecule has 25 heavy (non-hydrogen) atoms. The topological polar surface area (TPSA) is 95.2 Å². The highest BCUT2D eigenvalue weighted by atomic mass is 16.2. The van der Waals surface area contributed by atoms with Crippen LogP contribution in [0.1, 0.15) is 43.1 Å². The molecule has 0 radical (unpaired) electrons. The van der Waals surface area contributed by atoms with Crippen LogP contribution in [0.25, 0.3) is 10.8 Å². The SMILES string of the molecule is CC(=O)NC1CC2CCC(C1)N2C(=O)c1n[nH]c(=O)c2ccccc12. The molecule has 2 bridgehead atoms. The number of benzene rings is 1. The van der Waals surface area contributed by atoms with Gasteiger partial charge in [-0.1, -0.05) is 18.2 Å². The van der Waals surface area contributed by atoms with E-state index in [0.717, 1.165) is 25.7 Å². The fraction of sp³-hybridized carbons (Fsp3) is 0.444. The zero-order valence-corrected chi connectivity index (χ0v) is 14.0. The molecule has 3 heterocycles. The van der Waals surface area contributed by atoms with Gasteiger partial charge in [0.25, 0.3) is 11.5 Å². The molecule has 2 N–H and O–H groups in total. The molecule has 0 spiro atoms. The van der Waals surface area contributed by atoms with Gasteiger partial charge in [-0.2, -0.15) is 5.10 Å². The van der Waals surface area contributed by atoms with Crippen LogP contribution in [0, 0.1) is 0 Å². The minimum absolute atomic E-state index is 0.0301. The van der Waals surface area contributed by atoms with Crippen molar-refractivity contribution in [2.75, 3.05) is 0 Å². The molecule has 2 aromatic rings. The van der Waals surface area contributed by atoms with E-state index in [1.54, 1.807) is 24.3 Å². The number of aromatic amines is 1. The maximum Gasteiger partial charge on any atom is 0.275 e. The zero-order chi connectivity index (χ0) is 17.6. The summed E-state index contributed by atoms with van der Waals surface area (Å²) >= 11 is 0. The van der Waals surface area contributed by atoms with Crippen molar-refractivity contribution in [3.8, 4) is 0 Å². The number of nitrogens with zero attached hydrogens (tertiary/aromatic N) is 2. The van der Waals surface area contributed by atoms with E-state index in [2.05, 4.69) is 15.5 Å². The Morgan fingerprint density at radius 1 is 1.16 bits per heavy atom. The van der Waals surface area contributed by atoms with Gasteiger partial charge in [0.1, 0.15) is 0 Å². The second-order valence-corrected chi connectivity index (χ2v) is 6.91. The maximum absolute atomic E-state index is 13.2. The van der Waals surface area contributed by atoms with Crippen LogP contribution >= 0.6 is 0 Å². The number of fused-ring (bicyclic) bond motifs is 3. The number of piperidine rings is 1. The van der Waals surface area contributed by atoms with Gasteiger partial charge in [-0.3, -0.25) is 14.4 Å². The second-order valence-electron chi connectivity index (χ2n) is 6.91. The van der Waals surface area contributed by atoms with E-state index in [9.17, 15) is 14.4 Å². The molecule has 1 aromatic carbocycles. The number of carbonyl (C=O) groups excluding carboxylic acids is 2. The average molecular weight is 340 g/mol. The van der Waals surface area contributed by atoms with E-state index in [4.69, 9.17) is 0 Å². The zero-order valence-electron chi connectivity index (χ0n) is 14.0. The van der Waals surface area contributed by atoms with E-state index < -0.39 is 0 Å². The summed E-state index contributed by atoms with van der Waals surface area (Å²) in [7, 11) is 0. The third-order valence-corrected chi connectivity index (χ3v) is 5.27. The lowest BCUT2D eigenvalue weighted by Gasteiger charge is -2.39. The van der Waals surface area contributed by atoms with Crippen LogP contribution in [-0.2, 0) is 4.79 Å². The van der Waals surface area contributed by atoms with E-state index in [1.807, 2.05) is 4.90 Å². The van der Waals surface area contributed by atoms with Crippen LogP contribution in [0.2, 0.25) is 0 Å². The van der Waals surface area contributed by atoms with Gasteiger partial charge in [-0.15, -0.1) is 0 Å². The average Bonchev–Trinajstić information content (AvgIpc) is 2.85. The van der Waals surface area contributed by atoms with Gasteiger partial charge in [0.05, 0.1) is 5.39 Å². The molecule has 2 unspecified atom stereocenters. The molecule has 1 aromatic heterocycles. The van der Waals surface area contributed by atoms with Gasteiger partial charge in [0.15, 0.2) is 5.69 Å². The Hall–Kier alpha value is -2.70. The van der Waals surface area contributed by atoms with Gasteiger partial charge < -0.3 is 10.2 Å². The monoisotopic (exact) mass is 340 g/mol. The molecule has 7 heteroatoms. The first-order valence-corrected chi connectivity index (χ1v) is 8.62. The molecule has 2 saturated heterocycles. The predicted octanol–water partition coefficient (Wildman–Crippen LogP) is 1.19. The van der Waals surface area contributed by atoms with Crippen molar-refractivity contribution < 1.29 is 9.59 Å². The summed E-state index contributed by atoms with van der Waals surface area (Å²) in [6.45, 7) is 1.52. The summed E-state index contributed by atoms with van der Waals surface area (Å²) in [4.78, 5) is 38.3. The van der Waals surface area contributed by atoms with Crippen LogP contribution in [0.4, 0.5) is 0 Å². The molecule has 4 rings (SSSR count). The van der Waals surface area contributed by atoms with Crippen molar-refractivity contribution in [3.63, 3.8) is 0 Å². The third-order valence-electron chi connectivity index (χ3n) is 5.27. The number of hydrogen-bond acceptors (Lipinski definition) is 4. The van der Waals surface area contributed by atoms with Gasteiger partial charge in [0, 0.05) is 30.4 Å². The van der Waals surface area contributed by atoms with Crippen molar-refractivity contribution in [2.45, 2.75) is 50.7 Å². The lowest BCUT2D eigenvalue weighted by Crippen LogP contribution is -2.52. The van der Waals surface area contributed by atoms with Crippen molar-refractivity contribution in [1.29, 1.82) is 0 Å². The van der Waals surface area contributed by atoms with Crippen LogP contribution < -0.4 is 10.9 Å². The molecule has 2 amide bonds. The van der Waals surface area contributed by atoms with Crippen LogP contribution in [0.5, 0.6) is 0 Å². The maximum atomic E-state index is 13.2. The van der Waals surface area contributed by atoms with Gasteiger partial charge in [-0.05, 0) is 31.7 Å². The van der Waals surface area contributed by atoms with Gasteiger partial charge >= 0.3 is 0 Å². The summed E-state index contributed by atoms with van der Waals surface area (Å²) in [6, 6.07) is 7.37. The molecular weight excluding hydrogens is 320 g/mol. The number of nitrogens with one attached hydrogen (secondary N) is 2. The first-order valence-electron chi connectivity index (χ1n) is 8.62. The highest BCUT2D eigenvalue weighted by Crippen LogP contribution is 2.37. The Kier molecular flexibility index (Phi) is 3.78. The first-order chi connectivity index (χ1) is 12.0. The summed E-state index contributed by atoms with van der Waals surface area (Å²) in [6.07, 6.45) is 3.41.